The fourth-order valence-electron chi connectivity index (χ4n) is 1.57. The van der Waals surface area contributed by atoms with E-state index in [9.17, 15) is 48.3 Å². The van der Waals surface area contributed by atoms with E-state index in [0.29, 0.717) is 0 Å². The minimum Gasteiger partial charge on any atom is -0.505 e. The second-order valence-electron chi connectivity index (χ2n) is 4.56. The minimum absolute atomic E-state index is 0.102. The molecule has 0 aromatic heterocycles. The number of alkyl halides is 11. The standard InChI is InChI=1S/C11H6F11NO/c12-7(9(15,16)11(20,21)22)3-1-4(6(24)5(23)2-3)8(13,14)10(17,18)19/h1-2,7,24H,23H2. The normalized spacial score (nSPS) is 15.5. The number of phenolic OH excluding ortho intramolecular Hbond substituents is 1. The first-order chi connectivity index (χ1) is 10.4. The van der Waals surface area contributed by atoms with Crippen LogP contribution in [0, 0.1) is 0 Å². The van der Waals surface area contributed by atoms with Crippen LogP contribution in [0.1, 0.15) is 17.3 Å². The van der Waals surface area contributed by atoms with Gasteiger partial charge < -0.3 is 10.8 Å². The van der Waals surface area contributed by atoms with E-state index in [4.69, 9.17) is 10.8 Å². The van der Waals surface area contributed by atoms with E-state index in [1.165, 1.54) is 0 Å². The summed E-state index contributed by atoms with van der Waals surface area (Å²) in [5.74, 6) is -13.9. The van der Waals surface area contributed by atoms with Crippen molar-refractivity contribution in [3.63, 3.8) is 0 Å². The Kier molecular flexibility index (Phi) is 4.65. The van der Waals surface area contributed by atoms with Gasteiger partial charge in [-0.05, 0) is 17.7 Å². The summed E-state index contributed by atoms with van der Waals surface area (Å²) < 4.78 is 139. The van der Waals surface area contributed by atoms with Gasteiger partial charge in [-0.1, -0.05) is 0 Å². The lowest BCUT2D eigenvalue weighted by Crippen LogP contribution is -2.40. The van der Waals surface area contributed by atoms with Crippen LogP contribution in [0.3, 0.4) is 0 Å². The van der Waals surface area contributed by atoms with Crippen molar-refractivity contribution in [2.24, 2.45) is 0 Å². The van der Waals surface area contributed by atoms with Gasteiger partial charge in [0.1, 0.15) is 5.75 Å². The number of halogens is 11. The Labute approximate surface area is 125 Å². The molecule has 0 radical (unpaired) electrons. The highest BCUT2D eigenvalue weighted by molar-refractivity contribution is 5.60. The number of phenols is 1. The molecule has 1 unspecified atom stereocenters. The average molecular weight is 377 g/mol. The Morgan fingerprint density at radius 3 is 1.67 bits per heavy atom. The van der Waals surface area contributed by atoms with Crippen LogP contribution in [-0.2, 0) is 5.92 Å². The summed E-state index contributed by atoms with van der Waals surface area (Å²) in [7, 11) is 0. The van der Waals surface area contributed by atoms with Crippen molar-refractivity contribution < 1.29 is 53.4 Å². The second-order valence-corrected chi connectivity index (χ2v) is 4.56. The molecule has 0 saturated carbocycles. The van der Waals surface area contributed by atoms with Gasteiger partial charge in [0, 0.05) is 0 Å². The molecule has 0 saturated heterocycles. The summed E-state index contributed by atoms with van der Waals surface area (Å²) in [6.45, 7) is 0. The Hall–Kier alpha value is -1.95. The second kappa shape index (κ2) is 5.55. The first kappa shape index (κ1) is 20.1. The van der Waals surface area contributed by atoms with Gasteiger partial charge in [-0.3, -0.25) is 0 Å². The van der Waals surface area contributed by atoms with Crippen LogP contribution < -0.4 is 5.73 Å². The van der Waals surface area contributed by atoms with Crippen LogP contribution in [0.5, 0.6) is 5.75 Å². The average Bonchev–Trinajstić information content (AvgIpc) is 2.37. The van der Waals surface area contributed by atoms with Gasteiger partial charge in [-0.25, -0.2) is 4.39 Å². The maximum absolute atomic E-state index is 13.5. The van der Waals surface area contributed by atoms with Crippen molar-refractivity contribution in [1.29, 1.82) is 0 Å². The van der Waals surface area contributed by atoms with E-state index in [0.717, 1.165) is 0 Å². The molecule has 0 fully saturated rings. The van der Waals surface area contributed by atoms with Gasteiger partial charge >= 0.3 is 24.2 Å². The largest absolute Gasteiger partial charge is 0.505 e. The van der Waals surface area contributed by atoms with Crippen molar-refractivity contribution in [1.82, 2.24) is 0 Å². The predicted octanol–water partition coefficient (Wildman–Crippen LogP) is 4.84. The molecule has 0 spiro atoms. The van der Waals surface area contributed by atoms with Crippen molar-refractivity contribution >= 4 is 5.69 Å². The number of hydrogen-bond donors (Lipinski definition) is 2. The topological polar surface area (TPSA) is 46.2 Å². The molecule has 24 heavy (non-hydrogen) atoms. The molecule has 1 atom stereocenters. The maximum Gasteiger partial charge on any atom is 0.458 e. The third-order valence-corrected chi connectivity index (χ3v) is 2.84. The lowest BCUT2D eigenvalue weighted by molar-refractivity contribution is -0.305. The first-order valence-electron chi connectivity index (χ1n) is 5.60. The SMILES string of the molecule is Nc1cc(C(F)C(F)(F)C(F)(F)F)cc(C(F)(F)C(F)(F)F)c1O. The smallest absolute Gasteiger partial charge is 0.458 e. The number of hydrogen-bond acceptors (Lipinski definition) is 2. The van der Waals surface area contributed by atoms with Gasteiger partial charge in [0.25, 0.3) is 0 Å². The molecule has 0 bridgehead atoms. The highest BCUT2D eigenvalue weighted by Gasteiger charge is 2.64. The fourth-order valence-corrected chi connectivity index (χ4v) is 1.57. The summed E-state index contributed by atoms with van der Waals surface area (Å²) in [6.07, 6.45) is -17.1. The number of anilines is 1. The summed E-state index contributed by atoms with van der Waals surface area (Å²) in [5, 5.41) is 9.13. The number of aromatic hydroxyl groups is 1. The number of rotatable bonds is 3. The van der Waals surface area contributed by atoms with Crippen molar-refractivity contribution in [3.05, 3.63) is 23.3 Å². The molecule has 0 aliphatic carbocycles. The summed E-state index contributed by atoms with van der Waals surface area (Å²) >= 11 is 0. The zero-order chi connectivity index (χ0) is 19.3. The van der Waals surface area contributed by atoms with Gasteiger partial charge in [0.15, 0.2) is 6.17 Å². The minimum atomic E-state index is -6.45. The predicted molar refractivity (Wildman–Crippen MR) is 57.3 cm³/mol. The maximum atomic E-state index is 13.5. The molecule has 0 heterocycles. The van der Waals surface area contributed by atoms with Gasteiger partial charge in [0.2, 0.25) is 0 Å². The zero-order valence-electron chi connectivity index (χ0n) is 10.9. The molecule has 1 aromatic carbocycles. The summed E-state index contributed by atoms with van der Waals surface area (Å²) in [5.41, 5.74) is -0.994. The number of nitrogen functional groups attached to an aromatic ring is 1. The van der Waals surface area contributed by atoms with Crippen LogP contribution >= 0.6 is 0 Å². The monoisotopic (exact) mass is 377 g/mol. The van der Waals surface area contributed by atoms with E-state index in [1.54, 1.807) is 0 Å². The van der Waals surface area contributed by atoms with Crippen molar-refractivity contribution in [2.75, 3.05) is 5.73 Å². The van der Waals surface area contributed by atoms with E-state index in [1.807, 2.05) is 0 Å². The van der Waals surface area contributed by atoms with E-state index >= 15 is 0 Å². The van der Waals surface area contributed by atoms with Gasteiger partial charge in [-0.2, -0.15) is 43.9 Å². The molecule has 3 N–H and O–H groups in total. The number of nitrogens with two attached hydrogens (primary N) is 1. The first-order valence-corrected chi connectivity index (χ1v) is 5.60. The molecule has 13 heteroatoms. The molecule has 138 valence electrons. The van der Waals surface area contributed by atoms with E-state index in [2.05, 4.69) is 0 Å². The Morgan fingerprint density at radius 2 is 1.29 bits per heavy atom. The molecule has 0 aliphatic rings. The highest BCUT2D eigenvalue weighted by Crippen LogP contribution is 2.52. The Morgan fingerprint density at radius 1 is 0.833 bits per heavy atom. The Bertz CT molecular complexity index is 620. The summed E-state index contributed by atoms with van der Waals surface area (Å²) in [6, 6.07) is -0.751. The fraction of sp³-hybridized carbons (Fsp3) is 0.455. The lowest BCUT2D eigenvalue weighted by Gasteiger charge is -2.26. The molecular formula is C11H6F11NO. The molecule has 1 rings (SSSR count). The van der Waals surface area contributed by atoms with Gasteiger partial charge in [0.05, 0.1) is 11.3 Å². The molecular weight excluding hydrogens is 371 g/mol. The van der Waals surface area contributed by atoms with Crippen LogP contribution in [-0.4, -0.2) is 23.4 Å². The molecule has 0 aliphatic heterocycles. The van der Waals surface area contributed by atoms with Crippen LogP contribution in [0.4, 0.5) is 54.0 Å². The van der Waals surface area contributed by atoms with Crippen LogP contribution in [0.15, 0.2) is 12.1 Å². The Balaban J connectivity index is 3.57. The summed E-state index contributed by atoms with van der Waals surface area (Å²) in [4.78, 5) is 0. The van der Waals surface area contributed by atoms with Gasteiger partial charge in [-0.15, -0.1) is 0 Å². The highest BCUT2D eigenvalue weighted by atomic mass is 19.4. The van der Waals surface area contributed by atoms with Crippen molar-refractivity contribution in [2.45, 2.75) is 30.4 Å². The lowest BCUT2D eigenvalue weighted by atomic mass is 9.97. The molecule has 1 aromatic rings. The van der Waals surface area contributed by atoms with E-state index in [-0.39, 0.29) is 6.07 Å². The van der Waals surface area contributed by atoms with E-state index < -0.39 is 59.0 Å². The quantitative estimate of drug-likeness (QED) is 0.450. The number of benzene rings is 1. The molecule has 2 nitrogen and oxygen atoms in total. The molecule has 0 amide bonds. The third kappa shape index (κ3) is 3.15. The third-order valence-electron chi connectivity index (χ3n) is 2.84. The van der Waals surface area contributed by atoms with Crippen molar-refractivity contribution in [3.8, 4) is 5.75 Å². The van der Waals surface area contributed by atoms with Crippen LogP contribution in [0.2, 0.25) is 0 Å². The zero-order valence-corrected chi connectivity index (χ0v) is 10.9. The van der Waals surface area contributed by atoms with Crippen LogP contribution in [0.25, 0.3) is 0 Å².